The van der Waals surface area contributed by atoms with Gasteiger partial charge < -0.3 is 4.74 Å². The van der Waals surface area contributed by atoms with Crippen LogP contribution in [-0.4, -0.2) is 43.5 Å². The predicted molar refractivity (Wildman–Crippen MR) is 139 cm³/mol. The molecule has 0 aliphatic heterocycles. The van der Waals surface area contributed by atoms with Gasteiger partial charge in [0, 0.05) is 23.8 Å². The quantitative estimate of drug-likeness (QED) is 0.230. The van der Waals surface area contributed by atoms with E-state index in [-0.39, 0.29) is 27.5 Å². The standard InChI is InChI=1S/C24H23N5O8S/c1-16-4-13-22(14-23(16)29(33)34)38(35,36)27(19-9-11-21(37-3)12-10-19)15-24(30)26-25-17(2)18-5-7-20(8-6-18)28(31)32/h4-14H,15H2,1-3H3,(H,26,30)/b25-17-. The van der Waals surface area contributed by atoms with Gasteiger partial charge in [-0.3, -0.25) is 29.3 Å². The van der Waals surface area contributed by atoms with Crippen LogP contribution in [-0.2, 0) is 14.8 Å². The van der Waals surface area contributed by atoms with Crippen molar-refractivity contribution in [3.8, 4) is 5.75 Å². The van der Waals surface area contributed by atoms with Gasteiger partial charge >= 0.3 is 0 Å². The molecule has 0 atom stereocenters. The summed E-state index contributed by atoms with van der Waals surface area (Å²) in [6.45, 7) is 2.34. The number of nitrogens with one attached hydrogen (secondary N) is 1. The zero-order chi connectivity index (χ0) is 28.0. The second-order valence-electron chi connectivity index (χ2n) is 7.95. The molecule has 0 fully saturated rings. The van der Waals surface area contributed by atoms with Gasteiger partial charge in [0.05, 0.1) is 33.3 Å². The number of nitro benzene ring substituents is 2. The van der Waals surface area contributed by atoms with Gasteiger partial charge in [-0.05, 0) is 61.9 Å². The van der Waals surface area contributed by atoms with E-state index in [0.717, 1.165) is 10.4 Å². The van der Waals surface area contributed by atoms with Crippen LogP contribution in [0.25, 0.3) is 0 Å². The molecule has 0 heterocycles. The number of carbonyl (C=O) groups excluding carboxylic acids is 1. The van der Waals surface area contributed by atoms with Crippen molar-refractivity contribution in [2.45, 2.75) is 18.7 Å². The van der Waals surface area contributed by atoms with Crippen LogP contribution in [0.3, 0.4) is 0 Å². The van der Waals surface area contributed by atoms with Crippen molar-refractivity contribution in [3.63, 3.8) is 0 Å². The number of sulfonamides is 1. The summed E-state index contributed by atoms with van der Waals surface area (Å²) in [6, 6.07) is 14.8. The van der Waals surface area contributed by atoms with Crippen LogP contribution >= 0.6 is 0 Å². The van der Waals surface area contributed by atoms with Crippen LogP contribution < -0.4 is 14.5 Å². The number of aryl methyl sites for hydroxylation is 1. The minimum absolute atomic E-state index is 0.109. The first-order chi connectivity index (χ1) is 17.9. The lowest BCUT2D eigenvalue weighted by molar-refractivity contribution is -0.385. The Balaban J connectivity index is 1.92. The normalized spacial score (nSPS) is 11.5. The molecular weight excluding hydrogens is 518 g/mol. The van der Waals surface area contributed by atoms with E-state index in [1.54, 1.807) is 6.92 Å². The Hall–Kier alpha value is -4.85. The van der Waals surface area contributed by atoms with E-state index in [1.165, 1.54) is 74.7 Å². The van der Waals surface area contributed by atoms with E-state index < -0.39 is 32.3 Å². The van der Waals surface area contributed by atoms with E-state index in [9.17, 15) is 33.4 Å². The third-order valence-electron chi connectivity index (χ3n) is 5.46. The molecule has 38 heavy (non-hydrogen) atoms. The average Bonchev–Trinajstić information content (AvgIpc) is 2.90. The zero-order valence-corrected chi connectivity index (χ0v) is 21.3. The lowest BCUT2D eigenvalue weighted by Gasteiger charge is -2.24. The summed E-state index contributed by atoms with van der Waals surface area (Å²) in [4.78, 5) is 33.4. The molecule has 198 valence electrons. The summed E-state index contributed by atoms with van der Waals surface area (Å²) in [5.74, 6) is -0.350. The molecule has 0 saturated carbocycles. The number of hydrogen-bond acceptors (Lipinski definition) is 9. The van der Waals surface area contributed by atoms with Gasteiger partial charge in [0.1, 0.15) is 12.3 Å². The summed E-state index contributed by atoms with van der Waals surface area (Å²) in [5, 5.41) is 26.2. The molecule has 3 rings (SSSR count). The maximum atomic E-state index is 13.6. The van der Waals surface area contributed by atoms with Crippen molar-refractivity contribution >= 4 is 38.7 Å². The Morgan fingerprint density at radius 2 is 1.63 bits per heavy atom. The Morgan fingerprint density at radius 1 is 1.00 bits per heavy atom. The van der Waals surface area contributed by atoms with E-state index in [0.29, 0.717) is 17.0 Å². The van der Waals surface area contributed by atoms with Crippen LogP contribution in [0, 0.1) is 27.2 Å². The van der Waals surface area contributed by atoms with Gasteiger partial charge in [-0.15, -0.1) is 0 Å². The predicted octanol–water partition coefficient (Wildman–Crippen LogP) is 3.56. The smallest absolute Gasteiger partial charge is 0.273 e. The Kier molecular flexibility index (Phi) is 8.37. The van der Waals surface area contributed by atoms with Crippen molar-refractivity contribution in [2.24, 2.45) is 5.10 Å². The van der Waals surface area contributed by atoms with Gasteiger partial charge in [0.25, 0.3) is 27.3 Å². The third kappa shape index (κ3) is 6.28. The van der Waals surface area contributed by atoms with Crippen LogP contribution in [0.1, 0.15) is 18.1 Å². The molecule has 0 aromatic heterocycles. The molecule has 0 aliphatic rings. The van der Waals surface area contributed by atoms with Gasteiger partial charge in [-0.1, -0.05) is 6.07 Å². The fraction of sp³-hybridized carbons (Fsp3) is 0.167. The Labute approximate surface area is 217 Å². The number of nitro groups is 2. The van der Waals surface area contributed by atoms with Crippen molar-refractivity contribution in [3.05, 3.63) is 98.1 Å². The summed E-state index contributed by atoms with van der Waals surface area (Å²) in [5.41, 5.74) is 3.00. The molecule has 14 heteroatoms. The first-order valence-electron chi connectivity index (χ1n) is 10.9. The first-order valence-corrected chi connectivity index (χ1v) is 12.4. The number of methoxy groups -OCH3 is 1. The maximum absolute atomic E-state index is 13.6. The summed E-state index contributed by atoms with van der Waals surface area (Å²) in [7, 11) is -2.99. The lowest BCUT2D eigenvalue weighted by Crippen LogP contribution is -2.39. The molecule has 13 nitrogen and oxygen atoms in total. The van der Waals surface area contributed by atoms with Crippen LogP contribution in [0.2, 0.25) is 0 Å². The number of anilines is 1. The van der Waals surface area contributed by atoms with Crippen molar-refractivity contribution in [2.75, 3.05) is 18.0 Å². The van der Waals surface area contributed by atoms with E-state index in [1.807, 2.05) is 0 Å². The highest BCUT2D eigenvalue weighted by atomic mass is 32.2. The highest BCUT2D eigenvalue weighted by Crippen LogP contribution is 2.29. The van der Waals surface area contributed by atoms with Gasteiger partial charge in [0.2, 0.25) is 0 Å². The minimum Gasteiger partial charge on any atom is -0.497 e. The van der Waals surface area contributed by atoms with Gasteiger partial charge in [-0.2, -0.15) is 5.10 Å². The van der Waals surface area contributed by atoms with Gasteiger partial charge in [-0.25, -0.2) is 13.8 Å². The van der Waals surface area contributed by atoms with Crippen molar-refractivity contribution < 1.29 is 27.8 Å². The molecule has 1 amide bonds. The fourth-order valence-corrected chi connectivity index (χ4v) is 4.78. The van der Waals surface area contributed by atoms with Crippen molar-refractivity contribution in [1.29, 1.82) is 0 Å². The number of hydrazone groups is 1. The molecule has 0 unspecified atom stereocenters. The molecule has 0 bridgehead atoms. The number of benzene rings is 3. The van der Waals surface area contributed by atoms with Crippen molar-refractivity contribution in [1.82, 2.24) is 5.43 Å². The monoisotopic (exact) mass is 541 g/mol. The molecule has 0 saturated heterocycles. The number of hydrogen-bond donors (Lipinski definition) is 1. The number of carbonyl (C=O) groups is 1. The summed E-state index contributed by atoms with van der Waals surface area (Å²) in [6.07, 6.45) is 0. The second kappa shape index (κ2) is 11.5. The van der Waals surface area contributed by atoms with E-state index in [4.69, 9.17) is 4.74 Å². The average molecular weight is 542 g/mol. The molecule has 0 spiro atoms. The maximum Gasteiger partial charge on any atom is 0.273 e. The minimum atomic E-state index is -4.43. The van der Waals surface area contributed by atoms with E-state index >= 15 is 0 Å². The highest BCUT2D eigenvalue weighted by molar-refractivity contribution is 7.92. The van der Waals surface area contributed by atoms with Crippen LogP contribution in [0.15, 0.2) is 76.7 Å². The Bertz CT molecular complexity index is 1500. The highest BCUT2D eigenvalue weighted by Gasteiger charge is 2.29. The number of ether oxygens (including phenoxy) is 1. The molecule has 0 radical (unpaired) electrons. The number of nitrogens with zero attached hydrogens (tertiary/aromatic N) is 4. The molecule has 3 aromatic rings. The first kappa shape index (κ1) is 27.7. The van der Waals surface area contributed by atoms with Crippen LogP contribution in [0.5, 0.6) is 5.75 Å². The van der Waals surface area contributed by atoms with Gasteiger partial charge in [0.15, 0.2) is 0 Å². The summed E-state index contributed by atoms with van der Waals surface area (Å²) < 4.78 is 33.0. The third-order valence-corrected chi connectivity index (χ3v) is 7.23. The van der Waals surface area contributed by atoms with E-state index in [2.05, 4.69) is 10.5 Å². The molecule has 1 N–H and O–H groups in total. The molecule has 3 aromatic carbocycles. The Morgan fingerprint density at radius 3 is 2.18 bits per heavy atom. The number of non-ortho nitro benzene ring substituents is 1. The SMILES string of the molecule is COc1ccc(N(CC(=O)N/N=C(/C)c2ccc([N+](=O)[O-])cc2)S(=O)(=O)c2ccc(C)c([N+](=O)[O-])c2)cc1. The number of rotatable bonds is 10. The zero-order valence-electron chi connectivity index (χ0n) is 20.5. The summed E-state index contributed by atoms with van der Waals surface area (Å²) >= 11 is 0. The largest absolute Gasteiger partial charge is 0.497 e. The molecule has 0 aliphatic carbocycles. The molecular formula is C24H23N5O8S. The topological polar surface area (TPSA) is 174 Å². The lowest BCUT2D eigenvalue weighted by atomic mass is 10.1. The van der Waals surface area contributed by atoms with Crippen LogP contribution in [0.4, 0.5) is 17.1 Å². The second-order valence-corrected chi connectivity index (χ2v) is 9.81. The fourth-order valence-electron chi connectivity index (χ4n) is 3.34. The number of amides is 1.